The Balaban J connectivity index is 1.82. The van der Waals surface area contributed by atoms with E-state index in [1.165, 1.54) is 15.8 Å². The van der Waals surface area contributed by atoms with E-state index in [1.807, 2.05) is 24.3 Å². The van der Waals surface area contributed by atoms with Crippen LogP contribution in [0.3, 0.4) is 0 Å². The molecule has 24 heavy (non-hydrogen) atoms. The average molecular weight is 329 g/mol. The maximum absolute atomic E-state index is 12.8. The predicted octanol–water partition coefficient (Wildman–Crippen LogP) is 0.543. The molecule has 0 bridgehead atoms. The Kier molecular flexibility index (Phi) is 4.57. The van der Waals surface area contributed by atoms with Crippen LogP contribution >= 0.6 is 0 Å². The molecule has 1 aromatic heterocycles. The Bertz CT molecular complexity index is 756. The molecule has 1 aromatic carbocycles. The molecule has 0 fully saturated rings. The first kappa shape index (κ1) is 16.1. The van der Waals surface area contributed by atoms with Gasteiger partial charge in [-0.25, -0.2) is 4.68 Å². The first-order valence-electron chi connectivity index (χ1n) is 7.64. The smallest absolute Gasteiger partial charge is 0.280 e. The molecule has 2 heterocycles. The van der Waals surface area contributed by atoms with Crippen LogP contribution in [-0.2, 0) is 22.7 Å². The van der Waals surface area contributed by atoms with Gasteiger partial charge in [-0.15, -0.1) is 5.10 Å². The summed E-state index contributed by atoms with van der Waals surface area (Å²) in [5, 5.41) is 7.79. The molecule has 0 saturated heterocycles. The molecule has 0 saturated carbocycles. The van der Waals surface area contributed by atoms with Gasteiger partial charge in [0.05, 0.1) is 19.4 Å². The molecular formula is C16H19N5O3. The molecule has 0 spiro atoms. The van der Waals surface area contributed by atoms with E-state index in [0.717, 1.165) is 11.3 Å². The van der Waals surface area contributed by atoms with E-state index in [-0.39, 0.29) is 24.1 Å². The Morgan fingerprint density at radius 3 is 2.88 bits per heavy atom. The largest absolute Gasteiger partial charge is 0.375 e. The summed E-state index contributed by atoms with van der Waals surface area (Å²) in [4.78, 5) is 27.6. The van der Waals surface area contributed by atoms with E-state index in [9.17, 15) is 9.59 Å². The van der Waals surface area contributed by atoms with Crippen LogP contribution in [0, 0.1) is 0 Å². The van der Waals surface area contributed by atoms with Gasteiger partial charge in [0, 0.05) is 31.9 Å². The summed E-state index contributed by atoms with van der Waals surface area (Å²) in [6, 6.07) is 7.63. The number of hydrogen-bond donors (Lipinski definition) is 0. The van der Waals surface area contributed by atoms with Crippen LogP contribution in [-0.4, -0.2) is 59.0 Å². The van der Waals surface area contributed by atoms with Crippen molar-refractivity contribution >= 4 is 17.5 Å². The molecule has 0 radical (unpaired) electrons. The van der Waals surface area contributed by atoms with Crippen molar-refractivity contribution in [3.63, 3.8) is 0 Å². The number of carbonyl (C=O) groups is 2. The molecule has 126 valence electrons. The van der Waals surface area contributed by atoms with Crippen LogP contribution in [0.5, 0.6) is 0 Å². The molecular weight excluding hydrogens is 310 g/mol. The molecule has 0 aliphatic carbocycles. The van der Waals surface area contributed by atoms with E-state index < -0.39 is 0 Å². The summed E-state index contributed by atoms with van der Waals surface area (Å²) in [5.41, 5.74) is 1.98. The summed E-state index contributed by atoms with van der Waals surface area (Å²) in [6.07, 6.45) is 1.50. The quantitative estimate of drug-likeness (QED) is 0.821. The van der Waals surface area contributed by atoms with E-state index in [2.05, 4.69) is 10.3 Å². The number of anilines is 1. The fraction of sp³-hybridized carbons (Fsp3) is 0.375. The van der Waals surface area contributed by atoms with Crippen LogP contribution in [0.25, 0.3) is 0 Å². The normalized spacial score (nSPS) is 14.0. The van der Waals surface area contributed by atoms with Crippen LogP contribution in [0.2, 0.25) is 0 Å². The van der Waals surface area contributed by atoms with Gasteiger partial charge in [-0.3, -0.25) is 9.59 Å². The molecule has 3 rings (SSSR count). The van der Waals surface area contributed by atoms with Crippen molar-refractivity contribution in [2.75, 3.05) is 32.1 Å². The highest BCUT2D eigenvalue weighted by Crippen LogP contribution is 2.24. The fourth-order valence-electron chi connectivity index (χ4n) is 2.46. The minimum absolute atomic E-state index is 0.0486. The van der Waals surface area contributed by atoms with E-state index in [1.54, 1.807) is 19.0 Å². The highest BCUT2D eigenvalue weighted by atomic mass is 16.5. The van der Waals surface area contributed by atoms with Gasteiger partial charge in [-0.1, -0.05) is 23.4 Å². The van der Waals surface area contributed by atoms with Crippen LogP contribution < -0.4 is 4.90 Å². The molecule has 1 aliphatic rings. The molecule has 8 nitrogen and oxygen atoms in total. The minimum Gasteiger partial charge on any atom is -0.375 e. The molecule has 8 heteroatoms. The third-order valence-corrected chi connectivity index (χ3v) is 3.80. The van der Waals surface area contributed by atoms with Gasteiger partial charge in [0.2, 0.25) is 5.91 Å². The Morgan fingerprint density at radius 1 is 1.29 bits per heavy atom. The third kappa shape index (κ3) is 3.28. The van der Waals surface area contributed by atoms with Gasteiger partial charge < -0.3 is 14.5 Å². The Labute approximate surface area is 139 Å². The zero-order chi connectivity index (χ0) is 17.1. The molecule has 0 N–H and O–H groups in total. The van der Waals surface area contributed by atoms with Crippen LogP contribution in [0.4, 0.5) is 5.69 Å². The first-order valence-corrected chi connectivity index (χ1v) is 7.64. The summed E-state index contributed by atoms with van der Waals surface area (Å²) in [6.45, 7) is 1.42. The molecule has 0 unspecified atom stereocenters. The molecule has 2 aromatic rings. The molecule has 0 atom stereocenters. The number of aromatic nitrogens is 3. The second-order valence-corrected chi connectivity index (χ2v) is 5.73. The Hall–Kier alpha value is -2.74. The number of hydrogen-bond acceptors (Lipinski definition) is 5. The standard InChI is InChI=1S/C16H19N5O3/c1-19(2)15(22)10-20-9-13(17-18-20)16(23)21-7-8-24-11-12-5-3-4-6-14(12)21/h3-6,9H,7-8,10-11H2,1-2H3. The summed E-state index contributed by atoms with van der Waals surface area (Å²) in [7, 11) is 3.33. The average Bonchev–Trinajstić information content (AvgIpc) is 2.92. The lowest BCUT2D eigenvalue weighted by Crippen LogP contribution is -2.33. The lowest BCUT2D eigenvalue weighted by molar-refractivity contribution is -0.129. The number of fused-ring (bicyclic) bond motifs is 1. The molecule has 2 amide bonds. The number of amides is 2. The van der Waals surface area contributed by atoms with E-state index in [4.69, 9.17) is 4.74 Å². The summed E-state index contributed by atoms with van der Waals surface area (Å²) >= 11 is 0. The van der Waals surface area contributed by atoms with Gasteiger partial charge >= 0.3 is 0 Å². The maximum atomic E-state index is 12.8. The van der Waals surface area contributed by atoms with Gasteiger partial charge in [-0.05, 0) is 6.07 Å². The zero-order valence-corrected chi connectivity index (χ0v) is 13.7. The van der Waals surface area contributed by atoms with Crippen molar-refractivity contribution in [1.82, 2.24) is 19.9 Å². The number of ether oxygens (including phenoxy) is 1. The lowest BCUT2D eigenvalue weighted by Gasteiger charge is -2.20. The summed E-state index contributed by atoms with van der Waals surface area (Å²) < 4.78 is 6.91. The van der Waals surface area contributed by atoms with Crippen molar-refractivity contribution in [3.8, 4) is 0 Å². The van der Waals surface area contributed by atoms with Gasteiger partial charge in [0.1, 0.15) is 6.54 Å². The maximum Gasteiger partial charge on any atom is 0.280 e. The van der Waals surface area contributed by atoms with Crippen LogP contribution in [0.1, 0.15) is 16.1 Å². The van der Waals surface area contributed by atoms with Crippen molar-refractivity contribution in [3.05, 3.63) is 41.7 Å². The zero-order valence-electron chi connectivity index (χ0n) is 13.7. The topological polar surface area (TPSA) is 80.6 Å². The SMILES string of the molecule is CN(C)C(=O)Cn1cc(C(=O)N2CCOCc3ccccc32)nn1. The third-order valence-electron chi connectivity index (χ3n) is 3.80. The lowest BCUT2D eigenvalue weighted by atomic mass is 10.1. The number of para-hydroxylation sites is 1. The van der Waals surface area contributed by atoms with E-state index in [0.29, 0.717) is 19.8 Å². The second kappa shape index (κ2) is 6.79. The first-order chi connectivity index (χ1) is 11.6. The van der Waals surface area contributed by atoms with E-state index >= 15 is 0 Å². The fourth-order valence-corrected chi connectivity index (χ4v) is 2.46. The summed E-state index contributed by atoms with van der Waals surface area (Å²) in [5.74, 6) is -0.371. The van der Waals surface area contributed by atoms with Crippen molar-refractivity contribution in [2.24, 2.45) is 0 Å². The van der Waals surface area contributed by atoms with Crippen molar-refractivity contribution in [1.29, 1.82) is 0 Å². The number of benzene rings is 1. The van der Waals surface area contributed by atoms with Crippen molar-refractivity contribution in [2.45, 2.75) is 13.2 Å². The van der Waals surface area contributed by atoms with Crippen molar-refractivity contribution < 1.29 is 14.3 Å². The van der Waals surface area contributed by atoms with Gasteiger partial charge in [0.15, 0.2) is 5.69 Å². The number of carbonyl (C=O) groups excluding carboxylic acids is 2. The number of rotatable bonds is 3. The van der Waals surface area contributed by atoms with Gasteiger partial charge in [-0.2, -0.15) is 0 Å². The highest BCUT2D eigenvalue weighted by molar-refractivity contribution is 6.05. The second-order valence-electron chi connectivity index (χ2n) is 5.73. The monoisotopic (exact) mass is 329 g/mol. The number of likely N-dealkylation sites (N-methyl/N-ethyl adjacent to an activating group) is 1. The number of nitrogens with zero attached hydrogens (tertiary/aromatic N) is 5. The van der Waals surface area contributed by atoms with Gasteiger partial charge in [0.25, 0.3) is 5.91 Å². The Morgan fingerprint density at radius 2 is 2.08 bits per heavy atom. The van der Waals surface area contributed by atoms with Crippen LogP contribution in [0.15, 0.2) is 30.5 Å². The highest BCUT2D eigenvalue weighted by Gasteiger charge is 2.24. The molecule has 1 aliphatic heterocycles. The predicted molar refractivity (Wildman–Crippen MR) is 86.5 cm³/mol. The minimum atomic E-state index is -0.253.